The Morgan fingerprint density at radius 2 is 1.94 bits per heavy atom. The fourth-order valence-electron chi connectivity index (χ4n) is 1.55. The summed E-state index contributed by atoms with van der Waals surface area (Å²) in [5.74, 6) is -1.25. The normalized spacial score (nSPS) is 11.5. The Bertz CT molecular complexity index is 584. The molecule has 1 N–H and O–H groups in total. The number of benzene rings is 1. The second-order valence-electron chi connectivity index (χ2n) is 3.58. The summed E-state index contributed by atoms with van der Waals surface area (Å²) >= 11 is 0. The maximum atomic E-state index is 12.5. The molecule has 1 aromatic carbocycles. The molecule has 0 bridgehead atoms. The van der Waals surface area contributed by atoms with Crippen molar-refractivity contribution in [3.05, 3.63) is 47.9 Å². The van der Waals surface area contributed by atoms with Crippen molar-refractivity contribution in [1.29, 1.82) is 0 Å². The van der Waals surface area contributed by atoms with Crippen LogP contribution in [0.3, 0.4) is 0 Å². The van der Waals surface area contributed by atoms with E-state index in [4.69, 9.17) is 9.52 Å². The van der Waals surface area contributed by atoms with E-state index in [1.165, 1.54) is 12.1 Å². The Labute approximate surface area is 99.5 Å². The smallest absolute Gasteiger partial charge is 0.416 e. The minimum absolute atomic E-state index is 0.119. The molecule has 94 valence electrons. The maximum Gasteiger partial charge on any atom is 0.416 e. The summed E-state index contributed by atoms with van der Waals surface area (Å²) in [6.45, 7) is 0. The zero-order chi connectivity index (χ0) is 13.3. The van der Waals surface area contributed by atoms with E-state index in [9.17, 15) is 18.0 Å². The average Bonchev–Trinajstić information content (AvgIpc) is 2.77. The Morgan fingerprint density at radius 1 is 1.22 bits per heavy atom. The summed E-state index contributed by atoms with van der Waals surface area (Å²) in [5.41, 5.74) is -0.739. The van der Waals surface area contributed by atoms with Gasteiger partial charge in [0.15, 0.2) is 0 Å². The molecule has 0 saturated heterocycles. The van der Waals surface area contributed by atoms with Gasteiger partial charge in [0.05, 0.1) is 11.8 Å². The highest BCUT2D eigenvalue weighted by molar-refractivity contribution is 5.95. The standard InChI is InChI=1S/C12H7F3O3/c13-12(14,15)8-3-1-2-7(4-8)9-5-18-6-10(9)11(16)17/h1-6H,(H,16,17). The van der Waals surface area contributed by atoms with Gasteiger partial charge in [0, 0.05) is 5.56 Å². The van der Waals surface area contributed by atoms with Crippen LogP contribution in [-0.2, 0) is 6.18 Å². The van der Waals surface area contributed by atoms with Crippen molar-refractivity contribution < 1.29 is 27.5 Å². The van der Waals surface area contributed by atoms with Crippen molar-refractivity contribution >= 4 is 5.97 Å². The second kappa shape index (κ2) is 4.21. The van der Waals surface area contributed by atoms with Crippen LogP contribution in [0, 0.1) is 0 Å². The predicted octanol–water partition coefficient (Wildman–Crippen LogP) is 3.66. The van der Waals surface area contributed by atoms with Crippen LogP contribution in [-0.4, -0.2) is 11.1 Å². The van der Waals surface area contributed by atoms with Gasteiger partial charge in [-0.25, -0.2) is 4.79 Å². The molecular weight excluding hydrogens is 249 g/mol. The minimum Gasteiger partial charge on any atom is -0.478 e. The second-order valence-corrected chi connectivity index (χ2v) is 3.58. The van der Waals surface area contributed by atoms with E-state index in [1.807, 2.05) is 0 Å². The quantitative estimate of drug-likeness (QED) is 0.891. The Hall–Kier alpha value is -2.24. The van der Waals surface area contributed by atoms with E-state index >= 15 is 0 Å². The number of alkyl halides is 3. The van der Waals surface area contributed by atoms with Crippen LogP contribution in [0.4, 0.5) is 13.2 Å². The van der Waals surface area contributed by atoms with Crippen LogP contribution in [0.1, 0.15) is 15.9 Å². The number of rotatable bonds is 2. The van der Waals surface area contributed by atoms with Gasteiger partial charge >= 0.3 is 12.1 Å². The van der Waals surface area contributed by atoms with E-state index in [0.29, 0.717) is 0 Å². The molecule has 0 spiro atoms. The third kappa shape index (κ3) is 2.22. The van der Waals surface area contributed by atoms with Crippen LogP contribution in [0.25, 0.3) is 11.1 Å². The lowest BCUT2D eigenvalue weighted by molar-refractivity contribution is -0.137. The summed E-state index contributed by atoms with van der Waals surface area (Å²) in [4.78, 5) is 10.9. The monoisotopic (exact) mass is 256 g/mol. The van der Waals surface area contributed by atoms with E-state index in [2.05, 4.69) is 0 Å². The third-order valence-corrected chi connectivity index (χ3v) is 2.39. The van der Waals surface area contributed by atoms with Crippen molar-refractivity contribution in [2.45, 2.75) is 6.18 Å². The molecule has 0 atom stereocenters. The first-order valence-corrected chi connectivity index (χ1v) is 4.86. The van der Waals surface area contributed by atoms with Gasteiger partial charge in [0.2, 0.25) is 0 Å². The van der Waals surface area contributed by atoms with Gasteiger partial charge in [-0.15, -0.1) is 0 Å². The van der Waals surface area contributed by atoms with Crippen LogP contribution in [0.15, 0.2) is 41.2 Å². The van der Waals surface area contributed by atoms with Gasteiger partial charge in [-0.3, -0.25) is 0 Å². The van der Waals surface area contributed by atoms with Gasteiger partial charge in [-0.2, -0.15) is 13.2 Å². The SMILES string of the molecule is O=C(O)c1cocc1-c1cccc(C(F)(F)F)c1. The third-order valence-electron chi connectivity index (χ3n) is 2.39. The van der Waals surface area contributed by atoms with Gasteiger partial charge in [-0.1, -0.05) is 12.1 Å². The van der Waals surface area contributed by atoms with Crippen LogP contribution < -0.4 is 0 Å². The van der Waals surface area contributed by atoms with Crippen LogP contribution in [0.5, 0.6) is 0 Å². The first-order valence-electron chi connectivity index (χ1n) is 4.86. The molecular formula is C12H7F3O3. The molecule has 0 aliphatic carbocycles. The summed E-state index contributed by atoms with van der Waals surface area (Å²) in [6.07, 6.45) is -2.37. The lowest BCUT2D eigenvalue weighted by Crippen LogP contribution is -2.04. The number of furan rings is 1. The number of carboxylic acids is 1. The average molecular weight is 256 g/mol. The Morgan fingerprint density at radius 3 is 2.56 bits per heavy atom. The van der Waals surface area contributed by atoms with Gasteiger partial charge in [-0.05, 0) is 17.7 Å². The number of hydrogen-bond donors (Lipinski definition) is 1. The van der Waals surface area contributed by atoms with E-state index in [0.717, 1.165) is 24.7 Å². The molecule has 0 amide bonds. The molecule has 1 heterocycles. The largest absolute Gasteiger partial charge is 0.478 e. The molecule has 1 aromatic heterocycles. The summed E-state index contributed by atoms with van der Waals surface area (Å²) in [7, 11) is 0. The molecule has 6 heteroatoms. The summed E-state index contributed by atoms with van der Waals surface area (Å²) in [6, 6.07) is 4.42. The number of carboxylic acid groups (broad SMARTS) is 1. The van der Waals surface area contributed by atoms with Crippen LogP contribution in [0.2, 0.25) is 0 Å². The molecule has 0 aliphatic heterocycles. The maximum absolute atomic E-state index is 12.5. The predicted molar refractivity (Wildman–Crippen MR) is 56.1 cm³/mol. The number of aromatic carboxylic acids is 1. The Balaban J connectivity index is 2.52. The van der Waals surface area contributed by atoms with Gasteiger partial charge in [0.25, 0.3) is 0 Å². The van der Waals surface area contributed by atoms with Gasteiger partial charge in [0.1, 0.15) is 11.8 Å². The molecule has 0 fully saturated rings. The lowest BCUT2D eigenvalue weighted by atomic mass is 10.0. The molecule has 0 saturated carbocycles. The molecule has 0 radical (unpaired) electrons. The van der Waals surface area contributed by atoms with Crippen molar-refractivity contribution in [1.82, 2.24) is 0 Å². The first-order chi connectivity index (χ1) is 8.39. The molecule has 18 heavy (non-hydrogen) atoms. The fraction of sp³-hybridized carbons (Fsp3) is 0.0833. The molecule has 0 unspecified atom stereocenters. The highest BCUT2D eigenvalue weighted by Gasteiger charge is 2.30. The molecule has 3 nitrogen and oxygen atoms in total. The van der Waals surface area contributed by atoms with Gasteiger partial charge < -0.3 is 9.52 Å². The molecule has 2 rings (SSSR count). The van der Waals surface area contributed by atoms with E-state index in [-0.39, 0.29) is 16.7 Å². The topological polar surface area (TPSA) is 50.4 Å². The zero-order valence-corrected chi connectivity index (χ0v) is 8.86. The molecule has 0 aliphatic rings. The minimum atomic E-state index is -4.47. The van der Waals surface area contributed by atoms with E-state index < -0.39 is 17.7 Å². The van der Waals surface area contributed by atoms with Crippen LogP contribution >= 0.6 is 0 Å². The highest BCUT2D eigenvalue weighted by atomic mass is 19.4. The van der Waals surface area contributed by atoms with Crippen molar-refractivity contribution in [2.24, 2.45) is 0 Å². The van der Waals surface area contributed by atoms with Crippen molar-refractivity contribution in [2.75, 3.05) is 0 Å². The van der Waals surface area contributed by atoms with E-state index in [1.54, 1.807) is 0 Å². The zero-order valence-electron chi connectivity index (χ0n) is 8.86. The molecule has 2 aromatic rings. The highest BCUT2D eigenvalue weighted by Crippen LogP contribution is 2.33. The summed E-state index contributed by atoms with van der Waals surface area (Å²) < 4.78 is 42.3. The van der Waals surface area contributed by atoms with Crippen molar-refractivity contribution in [3.8, 4) is 11.1 Å². The number of carbonyl (C=O) groups is 1. The summed E-state index contributed by atoms with van der Waals surface area (Å²) in [5, 5.41) is 8.86. The number of hydrogen-bond acceptors (Lipinski definition) is 2. The lowest BCUT2D eigenvalue weighted by Gasteiger charge is -2.08. The fourth-order valence-corrected chi connectivity index (χ4v) is 1.55. The number of halogens is 3. The Kier molecular flexibility index (Phi) is 2.86. The first kappa shape index (κ1) is 12.2. The van der Waals surface area contributed by atoms with Crippen molar-refractivity contribution in [3.63, 3.8) is 0 Å².